The van der Waals surface area contributed by atoms with Crippen LogP contribution < -0.4 is 0 Å². The highest BCUT2D eigenvalue weighted by Crippen LogP contribution is 2.25. The number of nitrogens with zero attached hydrogens (tertiary/aromatic N) is 2. The van der Waals surface area contributed by atoms with Crippen LogP contribution >= 0.6 is 41.9 Å². The number of hydrogen-bond donors (Lipinski definition) is 0. The number of benzene rings is 1. The molecule has 0 bridgehead atoms. The predicted octanol–water partition coefficient (Wildman–Crippen LogP) is 4.56. The van der Waals surface area contributed by atoms with E-state index in [-0.39, 0.29) is 12.0 Å². The van der Waals surface area contributed by atoms with Gasteiger partial charge in [0.1, 0.15) is 0 Å². The third-order valence-corrected chi connectivity index (χ3v) is 6.59. The van der Waals surface area contributed by atoms with E-state index in [1.807, 2.05) is 19.1 Å². The van der Waals surface area contributed by atoms with Gasteiger partial charge in [-0.05, 0) is 53.1 Å². The van der Waals surface area contributed by atoms with Crippen molar-refractivity contribution in [2.24, 2.45) is 0 Å². The van der Waals surface area contributed by atoms with Gasteiger partial charge in [0.05, 0.1) is 13.0 Å². The van der Waals surface area contributed by atoms with E-state index >= 15 is 0 Å². The zero-order valence-corrected chi connectivity index (χ0v) is 17.6. The molecule has 0 aliphatic carbocycles. The van der Waals surface area contributed by atoms with Crippen LogP contribution in [0.15, 0.2) is 24.3 Å². The van der Waals surface area contributed by atoms with Crippen molar-refractivity contribution in [3.05, 3.63) is 34.9 Å². The largest absolute Gasteiger partial charge is 0.466 e. The molecule has 1 atom stereocenters. The Morgan fingerprint density at radius 1 is 1.33 bits per heavy atom. The number of hydrogen-bond acceptors (Lipinski definition) is 5. The van der Waals surface area contributed by atoms with Gasteiger partial charge in [-0.15, -0.1) is 0 Å². The summed E-state index contributed by atoms with van der Waals surface area (Å²) in [6.45, 7) is 6.08. The van der Waals surface area contributed by atoms with E-state index in [4.69, 9.17) is 16.3 Å². The van der Waals surface area contributed by atoms with Gasteiger partial charge in [0, 0.05) is 51.9 Å². The Bertz CT molecular complexity index is 518. The summed E-state index contributed by atoms with van der Waals surface area (Å²) in [5.74, 6) is -0.109. The summed E-state index contributed by atoms with van der Waals surface area (Å²) in [5.41, 5.74) is 1.22. The summed E-state index contributed by atoms with van der Waals surface area (Å²) < 4.78 is 7.54. The Balaban J connectivity index is 2.10. The Morgan fingerprint density at radius 2 is 2.04 bits per heavy atom. The minimum Gasteiger partial charge on any atom is -0.466 e. The molecule has 1 aliphatic heterocycles. The van der Waals surface area contributed by atoms with Gasteiger partial charge >= 0.3 is 5.97 Å². The summed E-state index contributed by atoms with van der Waals surface area (Å²) in [4.78, 5) is 14.5. The number of halogens is 2. The van der Waals surface area contributed by atoms with E-state index in [1.165, 1.54) is 12.0 Å². The maximum absolute atomic E-state index is 12.1. The first kappa shape index (κ1) is 20.3. The van der Waals surface area contributed by atoms with Crippen molar-refractivity contribution in [2.45, 2.75) is 38.8 Å². The van der Waals surface area contributed by atoms with Crippen LogP contribution in [0.3, 0.4) is 0 Å². The lowest BCUT2D eigenvalue weighted by Crippen LogP contribution is -2.45. The molecule has 0 radical (unpaired) electrons. The fraction of sp³-hybridized carbons (Fsp3) is 0.588. The van der Waals surface area contributed by atoms with Crippen molar-refractivity contribution in [3.8, 4) is 0 Å². The molecule has 7 heteroatoms. The summed E-state index contributed by atoms with van der Waals surface area (Å²) >= 11 is 8.31. The van der Waals surface area contributed by atoms with E-state index in [2.05, 4.69) is 42.5 Å². The topological polar surface area (TPSA) is 32.8 Å². The van der Waals surface area contributed by atoms with Gasteiger partial charge in [0.2, 0.25) is 0 Å². The fourth-order valence-corrected chi connectivity index (χ4v) is 4.55. The SMILES string of the molecule is CCOC(=O)CC1CN(SI)CCCCN1Cc1ccc(Cl)cc1. The minimum atomic E-state index is -0.109. The molecule has 2 rings (SSSR count). The molecule has 4 nitrogen and oxygen atoms in total. The zero-order chi connectivity index (χ0) is 17.4. The van der Waals surface area contributed by atoms with E-state index in [0.29, 0.717) is 13.0 Å². The van der Waals surface area contributed by atoms with Gasteiger partial charge in [-0.3, -0.25) is 9.69 Å². The summed E-state index contributed by atoms with van der Waals surface area (Å²) in [7, 11) is 1.73. The molecule has 1 fully saturated rings. The first-order valence-corrected chi connectivity index (χ1v) is 12.0. The van der Waals surface area contributed by atoms with Crippen molar-refractivity contribution < 1.29 is 9.53 Å². The van der Waals surface area contributed by atoms with Crippen molar-refractivity contribution in [3.63, 3.8) is 0 Å². The van der Waals surface area contributed by atoms with Crippen LogP contribution in [0.5, 0.6) is 0 Å². The molecule has 1 aromatic carbocycles. The number of carbonyl (C=O) groups is 1. The molecule has 1 heterocycles. The third-order valence-electron chi connectivity index (χ3n) is 4.14. The lowest BCUT2D eigenvalue weighted by molar-refractivity contribution is -0.144. The molecule has 0 saturated carbocycles. The second-order valence-corrected chi connectivity index (χ2v) is 8.20. The Labute approximate surface area is 166 Å². The summed E-state index contributed by atoms with van der Waals surface area (Å²) in [5, 5.41) is 0.752. The molecule has 1 aromatic rings. The normalized spacial score (nSPS) is 20.4. The second kappa shape index (κ2) is 10.9. The van der Waals surface area contributed by atoms with Crippen LogP contribution in [0.2, 0.25) is 5.02 Å². The highest BCUT2D eigenvalue weighted by molar-refractivity contribution is 14.2. The second-order valence-electron chi connectivity index (χ2n) is 5.92. The van der Waals surface area contributed by atoms with E-state index < -0.39 is 0 Å². The predicted molar refractivity (Wildman–Crippen MR) is 109 cm³/mol. The molecule has 1 aliphatic rings. The fourth-order valence-electron chi connectivity index (χ4n) is 2.93. The van der Waals surface area contributed by atoms with Crippen molar-refractivity contribution >= 4 is 47.9 Å². The van der Waals surface area contributed by atoms with Crippen LogP contribution in [0.1, 0.15) is 31.7 Å². The zero-order valence-electron chi connectivity index (χ0n) is 13.9. The van der Waals surface area contributed by atoms with E-state index in [9.17, 15) is 4.79 Å². The molecule has 1 unspecified atom stereocenters. The van der Waals surface area contributed by atoms with Crippen LogP contribution in [0.25, 0.3) is 0 Å². The van der Waals surface area contributed by atoms with Gasteiger partial charge in [-0.1, -0.05) is 23.7 Å². The molecule has 24 heavy (non-hydrogen) atoms. The molecule has 1 saturated heterocycles. The maximum atomic E-state index is 12.1. The van der Waals surface area contributed by atoms with Gasteiger partial charge in [0.15, 0.2) is 0 Å². The first-order valence-electron chi connectivity index (χ1n) is 8.30. The molecule has 0 amide bonds. The molecule has 0 aromatic heterocycles. The lowest BCUT2D eigenvalue weighted by Gasteiger charge is -2.36. The van der Waals surface area contributed by atoms with Gasteiger partial charge in [-0.2, -0.15) is 0 Å². The summed E-state index contributed by atoms with van der Waals surface area (Å²) in [6.07, 6.45) is 2.76. The smallest absolute Gasteiger partial charge is 0.307 e. The van der Waals surface area contributed by atoms with Gasteiger partial charge < -0.3 is 4.74 Å². The molecule has 134 valence electrons. The number of ether oxygens (including phenoxy) is 1. The highest BCUT2D eigenvalue weighted by Gasteiger charge is 2.26. The average molecular weight is 483 g/mol. The molecule has 0 N–H and O–H groups in total. The van der Waals surface area contributed by atoms with Crippen molar-refractivity contribution in [2.75, 3.05) is 26.2 Å². The highest BCUT2D eigenvalue weighted by atomic mass is 127. The van der Waals surface area contributed by atoms with Crippen LogP contribution in [0, 0.1) is 0 Å². The Morgan fingerprint density at radius 3 is 2.71 bits per heavy atom. The molecular weight excluding hydrogens is 459 g/mol. The Hall–Kier alpha value is -0.0200. The lowest BCUT2D eigenvalue weighted by atomic mass is 10.1. The maximum Gasteiger partial charge on any atom is 0.307 e. The van der Waals surface area contributed by atoms with E-state index in [0.717, 1.165) is 37.6 Å². The molecule has 0 spiro atoms. The quantitative estimate of drug-likeness (QED) is 0.337. The Kier molecular flexibility index (Phi) is 9.18. The van der Waals surface area contributed by atoms with Crippen LogP contribution in [0.4, 0.5) is 0 Å². The van der Waals surface area contributed by atoms with Crippen molar-refractivity contribution in [1.29, 1.82) is 0 Å². The van der Waals surface area contributed by atoms with Gasteiger partial charge in [-0.25, -0.2) is 4.31 Å². The molecular formula is C17H24ClIN2O2S. The minimum absolute atomic E-state index is 0.109. The summed E-state index contributed by atoms with van der Waals surface area (Å²) in [6, 6.07) is 8.14. The number of carbonyl (C=O) groups excluding carboxylic acids is 1. The first-order chi connectivity index (χ1) is 11.6. The number of esters is 1. The third kappa shape index (κ3) is 6.71. The van der Waals surface area contributed by atoms with Crippen molar-refractivity contribution in [1.82, 2.24) is 9.21 Å². The van der Waals surface area contributed by atoms with E-state index in [1.54, 1.807) is 9.12 Å². The monoisotopic (exact) mass is 482 g/mol. The van der Waals surface area contributed by atoms with Gasteiger partial charge in [0.25, 0.3) is 0 Å². The average Bonchev–Trinajstić information content (AvgIpc) is 2.55. The van der Waals surface area contributed by atoms with Crippen LogP contribution in [-0.4, -0.2) is 47.5 Å². The van der Waals surface area contributed by atoms with Crippen LogP contribution in [-0.2, 0) is 16.1 Å². The number of rotatable bonds is 6. The standard InChI is InChI=1S/C17H24ClIN2O2S/c1-2-23-17(22)11-16-13-21(24-19)10-4-3-9-20(16)12-14-5-7-15(18)8-6-14/h5-8,16H,2-4,9-13H2,1H3.